The molecule has 1 aromatic carbocycles. The van der Waals surface area contributed by atoms with Gasteiger partial charge >= 0.3 is 0 Å². The molecule has 0 aliphatic carbocycles. The van der Waals surface area contributed by atoms with Crippen molar-refractivity contribution >= 4 is 29.0 Å². The van der Waals surface area contributed by atoms with Crippen molar-refractivity contribution in [3.8, 4) is 5.75 Å². The second-order valence-corrected chi connectivity index (χ2v) is 4.33. The number of hydrogen-bond donors (Lipinski definition) is 2. The molecule has 0 bridgehead atoms. The van der Waals surface area contributed by atoms with E-state index in [2.05, 4.69) is 10.2 Å². The maximum atomic E-state index is 5.96. The van der Waals surface area contributed by atoms with E-state index >= 15 is 0 Å². The summed E-state index contributed by atoms with van der Waals surface area (Å²) in [6.45, 7) is 0.474. The summed E-state index contributed by atoms with van der Waals surface area (Å²) in [4.78, 5) is 0. The van der Waals surface area contributed by atoms with Crippen LogP contribution in [-0.2, 0) is 6.42 Å². The first-order chi connectivity index (χ1) is 8.15. The molecular formula is C11H11Cl2N3O. The van der Waals surface area contributed by atoms with Crippen molar-refractivity contribution in [2.45, 2.75) is 6.42 Å². The maximum Gasteiger partial charge on any atom is 0.145 e. The first kappa shape index (κ1) is 12.1. The molecule has 3 N–H and O–H groups in total. The van der Waals surface area contributed by atoms with Crippen LogP contribution in [0.5, 0.6) is 5.75 Å². The summed E-state index contributed by atoms with van der Waals surface area (Å²) in [5.74, 6) is 1.05. The molecule has 0 fully saturated rings. The van der Waals surface area contributed by atoms with Crippen molar-refractivity contribution < 1.29 is 4.74 Å². The number of aromatic amines is 1. The summed E-state index contributed by atoms with van der Waals surface area (Å²) in [6, 6.07) is 6.87. The fourth-order valence-electron chi connectivity index (χ4n) is 1.37. The Hall–Kier alpha value is -1.39. The molecule has 0 aliphatic heterocycles. The number of nitrogen functional groups attached to an aromatic ring is 1. The van der Waals surface area contributed by atoms with E-state index in [1.54, 1.807) is 24.3 Å². The molecule has 0 atom stereocenters. The van der Waals surface area contributed by atoms with E-state index in [-0.39, 0.29) is 0 Å². The summed E-state index contributed by atoms with van der Waals surface area (Å²) in [5, 5.41) is 7.76. The fraction of sp³-hybridized carbons (Fsp3) is 0.182. The van der Waals surface area contributed by atoms with Gasteiger partial charge in [0.05, 0.1) is 11.6 Å². The number of benzene rings is 1. The van der Waals surface area contributed by atoms with E-state index in [4.69, 9.17) is 33.7 Å². The highest BCUT2D eigenvalue weighted by molar-refractivity contribution is 6.34. The molecule has 0 spiro atoms. The molecule has 0 saturated carbocycles. The molecule has 1 aromatic heterocycles. The summed E-state index contributed by atoms with van der Waals surface area (Å²) >= 11 is 11.8. The predicted molar refractivity (Wildman–Crippen MR) is 68.7 cm³/mol. The van der Waals surface area contributed by atoms with E-state index in [0.29, 0.717) is 34.6 Å². The van der Waals surface area contributed by atoms with Gasteiger partial charge in [-0.2, -0.15) is 5.10 Å². The number of rotatable bonds is 4. The maximum absolute atomic E-state index is 5.96. The van der Waals surface area contributed by atoms with Gasteiger partial charge in [0, 0.05) is 29.3 Å². The lowest BCUT2D eigenvalue weighted by Gasteiger charge is -2.07. The van der Waals surface area contributed by atoms with Gasteiger partial charge in [0.15, 0.2) is 0 Å². The highest BCUT2D eigenvalue weighted by Gasteiger charge is 2.03. The number of H-pyrrole nitrogens is 1. The molecule has 6 heteroatoms. The third-order valence-electron chi connectivity index (χ3n) is 2.17. The minimum atomic E-state index is 0.473. The largest absolute Gasteiger partial charge is 0.492 e. The van der Waals surface area contributed by atoms with Crippen LogP contribution in [0.4, 0.5) is 5.82 Å². The van der Waals surface area contributed by atoms with Crippen LogP contribution in [0.15, 0.2) is 24.3 Å². The Balaban J connectivity index is 1.91. The molecule has 2 rings (SSSR count). The monoisotopic (exact) mass is 271 g/mol. The van der Waals surface area contributed by atoms with E-state index in [0.717, 1.165) is 5.69 Å². The number of aromatic nitrogens is 2. The zero-order valence-electron chi connectivity index (χ0n) is 8.91. The van der Waals surface area contributed by atoms with Crippen LogP contribution in [0.1, 0.15) is 5.69 Å². The van der Waals surface area contributed by atoms with E-state index < -0.39 is 0 Å². The molecule has 0 aliphatic rings. The number of anilines is 1. The van der Waals surface area contributed by atoms with Crippen LogP contribution in [0.2, 0.25) is 10.0 Å². The van der Waals surface area contributed by atoms with Gasteiger partial charge in [-0.25, -0.2) is 0 Å². The van der Waals surface area contributed by atoms with Gasteiger partial charge in [-0.1, -0.05) is 23.2 Å². The molecule has 0 saturated heterocycles. The molecule has 2 aromatic rings. The number of hydrogen-bond acceptors (Lipinski definition) is 3. The van der Waals surface area contributed by atoms with Crippen molar-refractivity contribution in [3.63, 3.8) is 0 Å². The third-order valence-corrected chi connectivity index (χ3v) is 2.72. The predicted octanol–water partition coefficient (Wildman–Crippen LogP) is 2.92. The first-order valence-electron chi connectivity index (χ1n) is 5.03. The molecule has 0 unspecified atom stereocenters. The Morgan fingerprint density at radius 3 is 2.82 bits per heavy atom. The van der Waals surface area contributed by atoms with E-state index in [1.807, 2.05) is 0 Å². The number of nitrogens with one attached hydrogen (secondary N) is 1. The Morgan fingerprint density at radius 2 is 2.12 bits per heavy atom. The zero-order valence-corrected chi connectivity index (χ0v) is 10.4. The van der Waals surface area contributed by atoms with Crippen molar-refractivity contribution in [2.24, 2.45) is 0 Å². The SMILES string of the molecule is Nc1cc(CCOc2cc(Cl)ccc2Cl)[nH]n1. The van der Waals surface area contributed by atoms with Crippen LogP contribution in [-0.4, -0.2) is 16.8 Å². The van der Waals surface area contributed by atoms with Gasteiger partial charge in [0.25, 0.3) is 0 Å². The van der Waals surface area contributed by atoms with Gasteiger partial charge in [-0.3, -0.25) is 5.10 Å². The molecule has 0 amide bonds. The minimum absolute atomic E-state index is 0.473. The average molecular weight is 272 g/mol. The van der Waals surface area contributed by atoms with Gasteiger partial charge < -0.3 is 10.5 Å². The summed E-state index contributed by atoms with van der Waals surface area (Å²) < 4.78 is 5.53. The number of ether oxygens (including phenoxy) is 1. The first-order valence-corrected chi connectivity index (χ1v) is 5.78. The summed E-state index contributed by atoms with van der Waals surface area (Å²) in [7, 11) is 0. The van der Waals surface area contributed by atoms with Crippen LogP contribution in [0.3, 0.4) is 0 Å². The second kappa shape index (κ2) is 5.29. The van der Waals surface area contributed by atoms with Crippen LogP contribution in [0.25, 0.3) is 0 Å². The lowest BCUT2D eigenvalue weighted by Crippen LogP contribution is -2.02. The molecular weight excluding hydrogens is 261 g/mol. The molecule has 1 heterocycles. The zero-order chi connectivity index (χ0) is 12.3. The standard InChI is InChI=1S/C11H11Cl2N3O/c12-7-1-2-9(13)10(5-7)17-4-3-8-6-11(14)16-15-8/h1-2,5-6H,3-4H2,(H3,14,15,16). The Labute approximate surface area is 109 Å². The molecule has 90 valence electrons. The normalized spacial score (nSPS) is 10.5. The average Bonchev–Trinajstić information content (AvgIpc) is 2.69. The Kier molecular flexibility index (Phi) is 3.76. The van der Waals surface area contributed by atoms with Crippen molar-refractivity contribution in [2.75, 3.05) is 12.3 Å². The lowest BCUT2D eigenvalue weighted by atomic mass is 10.3. The third kappa shape index (κ3) is 3.28. The Bertz CT molecular complexity index is 513. The summed E-state index contributed by atoms with van der Waals surface area (Å²) in [5.41, 5.74) is 6.40. The molecule has 0 radical (unpaired) electrons. The minimum Gasteiger partial charge on any atom is -0.492 e. The van der Waals surface area contributed by atoms with Crippen molar-refractivity contribution in [1.82, 2.24) is 10.2 Å². The van der Waals surface area contributed by atoms with E-state index in [9.17, 15) is 0 Å². The van der Waals surface area contributed by atoms with Gasteiger partial charge in [-0.15, -0.1) is 0 Å². The van der Waals surface area contributed by atoms with Gasteiger partial charge in [-0.05, 0) is 12.1 Å². The topological polar surface area (TPSA) is 63.9 Å². The number of halogens is 2. The van der Waals surface area contributed by atoms with Crippen LogP contribution in [0, 0.1) is 0 Å². The van der Waals surface area contributed by atoms with Crippen LogP contribution >= 0.6 is 23.2 Å². The fourth-order valence-corrected chi connectivity index (χ4v) is 1.70. The van der Waals surface area contributed by atoms with Crippen molar-refractivity contribution in [1.29, 1.82) is 0 Å². The smallest absolute Gasteiger partial charge is 0.145 e. The lowest BCUT2D eigenvalue weighted by molar-refractivity contribution is 0.320. The van der Waals surface area contributed by atoms with Gasteiger partial charge in [0.2, 0.25) is 0 Å². The summed E-state index contributed by atoms with van der Waals surface area (Å²) in [6.07, 6.45) is 0.674. The van der Waals surface area contributed by atoms with Crippen molar-refractivity contribution in [3.05, 3.63) is 40.0 Å². The number of nitrogens with two attached hydrogens (primary N) is 1. The Morgan fingerprint density at radius 1 is 1.29 bits per heavy atom. The van der Waals surface area contributed by atoms with Gasteiger partial charge in [0.1, 0.15) is 11.6 Å². The number of nitrogens with zero attached hydrogens (tertiary/aromatic N) is 1. The quantitative estimate of drug-likeness (QED) is 0.899. The van der Waals surface area contributed by atoms with E-state index in [1.165, 1.54) is 0 Å². The molecule has 17 heavy (non-hydrogen) atoms. The molecule has 4 nitrogen and oxygen atoms in total. The highest BCUT2D eigenvalue weighted by atomic mass is 35.5. The highest BCUT2D eigenvalue weighted by Crippen LogP contribution is 2.27. The van der Waals surface area contributed by atoms with Crippen LogP contribution < -0.4 is 10.5 Å². The second-order valence-electron chi connectivity index (χ2n) is 3.49.